The van der Waals surface area contributed by atoms with E-state index in [0.29, 0.717) is 13.0 Å². The summed E-state index contributed by atoms with van der Waals surface area (Å²) in [5, 5.41) is 9.67. The van der Waals surface area contributed by atoms with Crippen molar-refractivity contribution in [1.82, 2.24) is 5.06 Å². The van der Waals surface area contributed by atoms with Crippen molar-refractivity contribution in [2.24, 2.45) is 0 Å². The van der Waals surface area contributed by atoms with Gasteiger partial charge in [-0.3, -0.25) is 9.63 Å². The van der Waals surface area contributed by atoms with Crippen molar-refractivity contribution in [3.05, 3.63) is 12.7 Å². The predicted molar refractivity (Wildman–Crippen MR) is 55.0 cm³/mol. The number of hydrogen-bond acceptors (Lipinski definition) is 3. The van der Waals surface area contributed by atoms with Crippen molar-refractivity contribution >= 4 is 12.4 Å². The van der Waals surface area contributed by atoms with E-state index in [9.17, 15) is 9.59 Å². The van der Waals surface area contributed by atoms with E-state index >= 15 is 0 Å². The molecule has 0 aliphatic rings. The molecule has 0 heterocycles. The van der Waals surface area contributed by atoms with E-state index in [-0.39, 0.29) is 6.42 Å². The zero-order chi connectivity index (χ0) is 11.7. The van der Waals surface area contributed by atoms with Crippen LogP contribution in [0.2, 0.25) is 0 Å². The summed E-state index contributed by atoms with van der Waals surface area (Å²) in [5.41, 5.74) is 0. The summed E-state index contributed by atoms with van der Waals surface area (Å²) >= 11 is 0. The van der Waals surface area contributed by atoms with Gasteiger partial charge in [0.15, 0.2) is 6.04 Å². The zero-order valence-corrected chi connectivity index (χ0v) is 8.89. The van der Waals surface area contributed by atoms with Crippen molar-refractivity contribution in [3.8, 4) is 0 Å². The lowest BCUT2D eigenvalue weighted by Crippen LogP contribution is -2.40. The Morgan fingerprint density at radius 1 is 1.67 bits per heavy atom. The Labute approximate surface area is 89.3 Å². The molecule has 1 atom stereocenters. The first-order valence-electron chi connectivity index (χ1n) is 4.87. The van der Waals surface area contributed by atoms with E-state index in [1.807, 2.05) is 6.92 Å². The number of unbranched alkanes of at least 4 members (excludes halogenated alkanes) is 1. The minimum absolute atomic E-state index is 0.167. The maximum atomic E-state index is 10.8. The smallest absolute Gasteiger partial charge is 0.329 e. The lowest BCUT2D eigenvalue weighted by Gasteiger charge is -2.22. The largest absolute Gasteiger partial charge is 0.480 e. The summed E-state index contributed by atoms with van der Waals surface area (Å²) in [6.07, 6.45) is 3.70. The highest BCUT2D eigenvalue weighted by molar-refractivity contribution is 5.75. The molecule has 0 saturated carbocycles. The molecule has 1 amide bonds. The minimum Gasteiger partial charge on any atom is -0.480 e. The van der Waals surface area contributed by atoms with Crippen LogP contribution in [0.4, 0.5) is 0 Å². The first-order valence-corrected chi connectivity index (χ1v) is 4.87. The van der Waals surface area contributed by atoms with Crippen LogP contribution >= 0.6 is 0 Å². The van der Waals surface area contributed by atoms with Gasteiger partial charge in [-0.1, -0.05) is 19.4 Å². The van der Waals surface area contributed by atoms with Crippen molar-refractivity contribution in [2.75, 3.05) is 6.61 Å². The van der Waals surface area contributed by atoms with Gasteiger partial charge < -0.3 is 5.11 Å². The average molecular weight is 215 g/mol. The summed E-state index contributed by atoms with van der Waals surface area (Å²) in [6, 6.07) is -0.989. The topological polar surface area (TPSA) is 66.8 Å². The Hall–Kier alpha value is -1.36. The highest BCUT2D eigenvalue weighted by Crippen LogP contribution is 2.05. The van der Waals surface area contributed by atoms with Gasteiger partial charge in [0.05, 0.1) is 6.61 Å². The molecule has 0 fully saturated rings. The number of carboxylic acids is 1. The fourth-order valence-electron chi connectivity index (χ4n) is 0.980. The summed E-state index contributed by atoms with van der Waals surface area (Å²) in [4.78, 5) is 26.5. The number of amides is 1. The predicted octanol–water partition coefficient (Wildman–Crippen LogP) is 1.21. The van der Waals surface area contributed by atoms with E-state index in [1.54, 1.807) is 0 Å². The SMILES string of the molecule is C=CC[C@@H](C(=O)O)N(C=O)OCCCC. The van der Waals surface area contributed by atoms with Crippen LogP contribution in [-0.2, 0) is 14.4 Å². The maximum Gasteiger partial charge on any atom is 0.329 e. The highest BCUT2D eigenvalue weighted by atomic mass is 16.7. The minimum atomic E-state index is -1.10. The lowest BCUT2D eigenvalue weighted by atomic mass is 10.2. The van der Waals surface area contributed by atoms with Gasteiger partial charge in [-0.25, -0.2) is 9.86 Å². The van der Waals surface area contributed by atoms with Gasteiger partial charge in [0.2, 0.25) is 6.41 Å². The molecule has 1 N–H and O–H groups in total. The molecule has 0 aliphatic carbocycles. The molecule has 15 heavy (non-hydrogen) atoms. The monoisotopic (exact) mass is 215 g/mol. The van der Waals surface area contributed by atoms with Crippen LogP contribution in [0.3, 0.4) is 0 Å². The van der Waals surface area contributed by atoms with E-state index < -0.39 is 12.0 Å². The second-order valence-electron chi connectivity index (χ2n) is 3.03. The quantitative estimate of drug-likeness (QED) is 0.272. The maximum absolute atomic E-state index is 10.8. The van der Waals surface area contributed by atoms with Gasteiger partial charge in [0.1, 0.15) is 0 Å². The Morgan fingerprint density at radius 2 is 2.33 bits per heavy atom. The van der Waals surface area contributed by atoms with E-state index in [4.69, 9.17) is 9.94 Å². The molecule has 5 heteroatoms. The second-order valence-corrected chi connectivity index (χ2v) is 3.03. The van der Waals surface area contributed by atoms with Crippen LogP contribution < -0.4 is 0 Å². The van der Waals surface area contributed by atoms with Gasteiger partial charge in [0, 0.05) is 0 Å². The van der Waals surface area contributed by atoms with Crippen molar-refractivity contribution in [3.63, 3.8) is 0 Å². The first-order chi connectivity index (χ1) is 7.17. The highest BCUT2D eigenvalue weighted by Gasteiger charge is 2.23. The van der Waals surface area contributed by atoms with Crippen LogP contribution in [0.25, 0.3) is 0 Å². The number of hydroxylamine groups is 2. The van der Waals surface area contributed by atoms with Crippen molar-refractivity contribution in [1.29, 1.82) is 0 Å². The van der Waals surface area contributed by atoms with E-state index in [2.05, 4.69) is 6.58 Å². The second kappa shape index (κ2) is 7.99. The Bertz CT molecular complexity index is 217. The molecule has 0 aliphatic heterocycles. The molecule has 0 radical (unpaired) electrons. The molecule has 0 aromatic heterocycles. The third-order valence-electron chi connectivity index (χ3n) is 1.82. The number of aliphatic carboxylic acids is 1. The van der Waals surface area contributed by atoms with Crippen molar-refractivity contribution < 1.29 is 19.5 Å². The van der Waals surface area contributed by atoms with E-state index in [1.165, 1.54) is 6.08 Å². The summed E-state index contributed by atoms with van der Waals surface area (Å²) in [7, 11) is 0. The fraction of sp³-hybridized carbons (Fsp3) is 0.600. The van der Waals surface area contributed by atoms with Gasteiger partial charge in [-0.15, -0.1) is 6.58 Å². The van der Waals surface area contributed by atoms with Crippen LogP contribution in [0.5, 0.6) is 0 Å². The number of rotatable bonds is 9. The van der Waals surface area contributed by atoms with Crippen LogP contribution in [0, 0.1) is 0 Å². The van der Waals surface area contributed by atoms with Gasteiger partial charge >= 0.3 is 5.97 Å². The van der Waals surface area contributed by atoms with Crippen LogP contribution in [0.1, 0.15) is 26.2 Å². The number of nitrogens with zero attached hydrogens (tertiary/aromatic N) is 1. The van der Waals surface area contributed by atoms with Crippen LogP contribution in [0.15, 0.2) is 12.7 Å². The number of carbonyl (C=O) groups is 2. The molecule has 0 saturated heterocycles. The molecule has 0 bridgehead atoms. The van der Waals surface area contributed by atoms with E-state index in [0.717, 1.165) is 17.9 Å². The standard InChI is InChI=1S/C10H17NO4/c1-3-5-7-15-11(8-12)9(6-4-2)10(13)14/h4,8-9H,2-3,5-7H2,1H3,(H,13,14)/t9-/m0/s1. The van der Waals surface area contributed by atoms with Crippen LogP contribution in [-0.4, -0.2) is 35.2 Å². The van der Waals surface area contributed by atoms with Gasteiger partial charge in [0.25, 0.3) is 0 Å². The molecule has 0 aromatic rings. The average Bonchev–Trinajstić information content (AvgIpc) is 2.22. The lowest BCUT2D eigenvalue weighted by molar-refractivity contribution is -0.195. The third kappa shape index (κ3) is 5.17. The zero-order valence-electron chi connectivity index (χ0n) is 8.89. The summed E-state index contributed by atoms with van der Waals surface area (Å²) in [5.74, 6) is -1.10. The Morgan fingerprint density at radius 3 is 2.73 bits per heavy atom. The number of carbonyl (C=O) groups excluding carboxylic acids is 1. The molecule has 0 spiro atoms. The Balaban J connectivity index is 4.24. The third-order valence-corrected chi connectivity index (χ3v) is 1.82. The summed E-state index contributed by atoms with van der Waals surface area (Å²) in [6.45, 7) is 5.76. The molecular formula is C10H17NO4. The first kappa shape index (κ1) is 13.6. The number of carboxylic acid groups (broad SMARTS) is 1. The molecule has 5 nitrogen and oxygen atoms in total. The molecule has 0 aromatic carbocycles. The molecule has 0 rings (SSSR count). The molecular weight excluding hydrogens is 198 g/mol. The van der Waals surface area contributed by atoms with Gasteiger partial charge in [-0.05, 0) is 12.8 Å². The Kier molecular flexibility index (Phi) is 7.27. The molecule has 86 valence electrons. The summed E-state index contributed by atoms with van der Waals surface area (Å²) < 4.78 is 0. The molecule has 0 unspecified atom stereocenters. The number of hydrogen-bond donors (Lipinski definition) is 1. The fourth-order valence-corrected chi connectivity index (χ4v) is 0.980. The van der Waals surface area contributed by atoms with Gasteiger partial charge in [-0.2, -0.15) is 0 Å². The van der Waals surface area contributed by atoms with Crippen molar-refractivity contribution in [2.45, 2.75) is 32.2 Å². The normalized spacial score (nSPS) is 11.8.